The lowest BCUT2D eigenvalue weighted by Crippen LogP contribution is -2.17. The highest BCUT2D eigenvalue weighted by molar-refractivity contribution is 6.19. The Kier molecular flexibility index (Phi) is 6.67. The number of hydrogen-bond acceptors (Lipinski definition) is 1. The molecule has 210 valence electrons. The lowest BCUT2D eigenvalue weighted by Gasteiger charge is -2.25. The number of allylic oxidation sites excluding steroid dienone is 7. The fourth-order valence-corrected chi connectivity index (χ4v) is 7.73. The number of nitrogens with zero attached hydrogens (tertiary/aromatic N) is 1. The maximum absolute atomic E-state index is 5.07. The van der Waals surface area contributed by atoms with Crippen LogP contribution in [-0.4, -0.2) is 6.21 Å². The van der Waals surface area contributed by atoms with Gasteiger partial charge in [-0.25, -0.2) is 0 Å². The van der Waals surface area contributed by atoms with E-state index >= 15 is 0 Å². The Morgan fingerprint density at radius 2 is 1.28 bits per heavy atom. The molecule has 0 fully saturated rings. The van der Waals surface area contributed by atoms with Crippen molar-refractivity contribution in [1.82, 2.24) is 0 Å². The largest absolute Gasteiger partial charge is 0.261 e. The van der Waals surface area contributed by atoms with E-state index in [4.69, 9.17) is 4.99 Å². The van der Waals surface area contributed by atoms with Gasteiger partial charge in [0.2, 0.25) is 0 Å². The zero-order valence-electron chi connectivity index (χ0n) is 24.8. The Bertz CT molecular complexity index is 1970. The van der Waals surface area contributed by atoms with E-state index in [9.17, 15) is 0 Å². The summed E-state index contributed by atoms with van der Waals surface area (Å²) < 4.78 is 0. The Morgan fingerprint density at radius 3 is 1.88 bits per heavy atom. The van der Waals surface area contributed by atoms with Gasteiger partial charge in [-0.3, -0.25) is 4.99 Å². The lowest BCUT2D eigenvalue weighted by molar-refractivity contribution is 0.448. The fourth-order valence-electron chi connectivity index (χ4n) is 7.73. The van der Waals surface area contributed by atoms with Gasteiger partial charge in [-0.15, -0.1) is 0 Å². The number of fused-ring (bicyclic) bond motifs is 3. The molecule has 0 saturated carbocycles. The summed E-state index contributed by atoms with van der Waals surface area (Å²) in [6.07, 6.45) is 22.4. The van der Waals surface area contributed by atoms with E-state index in [0.717, 1.165) is 18.5 Å². The summed E-state index contributed by atoms with van der Waals surface area (Å²) in [4.78, 5) is 5.07. The van der Waals surface area contributed by atoms with Crippen molar-refractivity contribution >= 4 is 44.2 Å². The predicted molar refractivity (Wildman–Crippen MR) is 186 cm³/mol. The van der Waals surface area contributed by atoms with Gasteiger partial charge in [-0.2, -0.15) is 0 Å². The predicted octanol–water partition coefficient (Wildman–Crippen LogP) is 11.6. The Morgan fingerprint density at radius 1 is 0.628 bits per heavy atom. The lowest BCUT2D eigenvalue weighted by atomic mass is 9.80. The minimum absolute atomic E-state index is 0.371. The first-order valence-electron chi connectivity index (χ1n) is 16.0. The van der Waals surface area contributed by atoms with Crippen LogP contribution >= 0.6 is 0 Å². The van der Waals surface area contributed by atoms with Crippen molar-refractivity contribution in [3.05, 3.63) is 138 Å². The van der Waals surface area contributed by atoms with E-state index < -0.39 is 0 Å². The summed E-state index contributed by atoms with van der Waals surface area (Å²) >= 11 is 0. The zero-order chi connectivity index (χ0) is 28.8. The smallest absolute Gasteiger partial charge is 0.0664 e. The van der Waals surface area contributed by atoms with E-state index in [1.807, 2.05) is 0 Å². The molecular formula is C42H37N. The summed E-state index contributed by atoms with van der Waals surface area (Å²) in [6.45, 7) is 2.20. The number of rotatable bonds is 4. The molecule has 0 bridgehead atoms. The molecule has 1 heteroatoms. The summed E-state index contributed by atoms with van der Waals surface area (Å²) in [5, 5.41) is 7.92. The highest BCUT2D eigenvalue weighted by Gasteiger charge is 2.24. The van der Waals surface area contributed by atoms with E-state index in [-0.39, 0.29) is 0 Å². The molecule has 0 saturated heterocycles. The van der Waals surface area contributed by atoms with Gasteiger partial charge in [0.15, 0.2) is 0 Å². The topological polar surface area (TPSA) is 12.4 Å². The minimum Gasteiger partial charge on any atom is -0.261 e. The van der Waals surface area contributed by atoms with Crippen LogP contribution < -0.4 is 0 Å². The first kappa shape index (κ1) is 26.2. The van der Waals surface area contributed by atoms with Crippen molar-refractivity contribution in [3.63, 3.8) is 0 Å². The molecular weight excluding hydrogens is 518 g/mol. The van der Waals surface area contributed by atoms with Crippen LogP contribution in [0.4, 0.5) is 0 Å². The second-order valence-electron chi connectivity index (χ2n) is 12.5. The third-order valence-electron chi connectivity index (χ3n) is 9.93. The van der Waals surface area contributed by atoms with E-state index in [0.29, 0.717) is 17.8 Å². The van der Waals surface area contributed by atoms with E-state index in [1.54, 1.807) is 0 Å². The van der Waals surface area contributed by atoms with E-state index in [2.05, 4.69) is 135 Å². The second kappa shape index (κ2) is 11.0. The molecule has 43 heavy (non-hydrogen) atoms. The normalized spacial score (nSPS) is 21.8. The molecule has 3 aliphatic rings. The van der Waals surface area contributed by atoms with Crippen molar-refractivity contribution in [3.8, 4) is 11.1 Å². The quantitative estimate of drug-likeness (QED) is 0.154. The number of hydrogen-bond donors (Lipinski definition) is 0. The van der Waals surface area contributed by atoms with Crippen LogP contribution in [0.2, 0.25) is 0 Å². The van der Waals surface area contributed by atoms with Crippen molar-refractivity contribution in [2.45, 2.75) is 44.9 Å². The van der Waals surface area contributed by atoms with Crippen LogP contribution in [0, 0.1) is 11.8 Å². The molecule has 5 aromatic carbocycles. The first-order valence-corrected chi connectivity index (χ1v) is 16.0. The summed E-state index contributed by atoms with van der Waals surface area (Å²) in [7, 11) is 0. The highest BCUT2D eigenvalue weighted by atomic mass is 14.7. The van der Waals surface area contributed by atoms with Gasteiger partial charge in [-0.05, 0) is 94.0 Å². The van der Waals surface area contributed by atoms with Crippen molar-refractivity contribution in [1.29, 1.82) is 0 Å². The summed E-state index contributed by atoms with van der Waals surface area (Å²) in [5.41, 5.74) is 7.75. The molecule has 2 aliphatic carbocycles. The SMILES string of the molecule is CC1=CCC(c2c3ccccc3c(-c3ccc(C4=CCC(C5C=CCCC5)C=N4)c4ccccc34)c3ccccc23)C=C1. The van der Waals surface area contributed by atoms with Gasteiger partial charge in [-0.1, -0.05) is 127 Å². The minimum atomic E-state index is 0.371. The second-order valence-corrected chi connectivity index (χ2v) is 12.5. The standard InChI is InChI=1S/C42H37N/c1-28-19-21-30(22-20-28)41-35-15-7-9-17-37(35)42(38-18-10-8-16-36(38)41)39-25-24-34(32-13-5-6-14-33(32)39)40-26-23-31(27-43-40)29-11-3-2-4-12-29/h3,5-11,13-21,24-27,29-31H,2,4,12,22-23H2,1H3. The van der Waals surface area contributed by atoms with Gasteiger partial charge >= 0.3 is 0 Å². The van der Waals surface area contributed by atoms with Crippen LogP contribution in [0.15, 0.2) is 132 Å². The zero-order valence-corrected chi connectivity index (χ0v) is 24.8. The van der Waals surface area contributed by atoms with Gasteiger partial charge < -0.3 is 0 Å². The summed E-state index contributed by atoms with van der Waals surface area (Å²) in [5.74, 6) is 1.51. The highest BCUT2D eigenvalue weighted by Crippen LogP contribution is 2.46. The van der Waals surface area contributed by atoms with Crippen molar-refractivity contribution in [2.75, 3.05) is 0 Å². The molecule has 0 N–H and O–H groups in total. The number of aliphatic imine (C=N–C) groups is 1. The van der Waals surface area contributed by atoms with Gasteiger partial charge in [0.1, 0.15) is 0 Å². The average Bonchev–Trinajstić information content (AvgIpc) is 3.08. The first-order chi connectivity index (χ1) is 21.3. The van der Waals surface area contributed by atoms with Gasteiger partial charge in [0.25, 0.3) is 0 Å². The Hall–Kier alpha value is -4.49. The fraction of sp³-hybridized carbons (Fsp3) is 0.214. The van der Waals surface area contributed by atoms with E-state index in [1.165, 1.54) is 79.4 Å². The molecule has 1 heterocycles. The third-order valence-corrected chi connectivity index (χ3v) is 9.93. The van der Waals surface area contributed by atoms with Gasteiger partial charge in [0.05, 0.1) is 5.70 Å². The Balaban J connectivity index is 1.29. The third kappa shape index (κ3) is 4.59. The maximum atomic E-state index is 5.07. The van der Waals surface area contributed by atoms with Crippen LogP contribution in [0.5, 0.6) is 0 Å². The molecule has 5 aromatic rings. The molecule has 0 aromatic heterocycles. The molecule has 3 unspecified atom stereocenters. The molecule has 1 aliphatic heterocycles. The molecule has 0 amide bonds. The number of benzene rings is 5. The monoisotopic (exact) mass is 555 g/mol. The van der Waals surface area contributed by atoms with Crippen LogP contribution in [0.3, 0.4) is 0 Å². The molecule has 3 atom stereocenters. The maximum Gasteiger partial charge on any atom is 0.0664 e. The van der Waals surface area contributed by atoms with Crippen LogP contribution in [-0.2, 0) is 0 Å². The molecule has 8 rings (SSSR count). The van der Waals surface area contributed by atoms with Crippen LogP contribution in [0.1, 0.15) is 56.1 Å². The molecule has 0 spiro atoms. The summed E-state index contributed by atoms with van der Waals surface area (Å²) in [6, 6.07) is 31.7. The van der Waals surface area contributed by atoms with Crippen molar-refractivity contribution in [2.24, 2.45) is 16.8 Å². The van der Waals surface area contributed by atoms with Crippen LogP contribution in [0.25, 0.3) is 49.1 Å². The molecule has 1 nitrogen and oxygen atoms in total. The average molecular weight is 556 g/mol. The van der Waals surface area contributed by atoms with Gasteiger partial charge in [0, 0.05) is 23.6 Å². The van der Waals surface area contributed by atoms with Crippen molar-refractivity contribution < 1.29 is 0 Å². The Labute approximate surface area is 254 Å². The molecule has 0 radical (unpaired) electrons.